The van der Waals surface area contributed by atoms with Gasteiger partial charge in [-0.2, -0.15) is 0 Å². The molecule has 0 saturated carbocycles. The number of carboxylic acid groups (broad SMARTS) is 2. The highest BCUT2D eigenvalue weighted by Gasteiger charge is 2.26. The molecule has 12 nitrogen and oxygen atoms in total. The van der Waals surface area contributed by atoms with Gasteiger partial charge in [-0.3, -0.25) is 9.59 Å². The number of carboxylic acids is 2. The standard InChI is InChI=1S/2C22H24N2O4/c2*1-13(2)15-8-9-20(27-4)18(11-15)16-6-5-7-17(10-16)19(12-21(25)26)22-24-23-14(3)28-22/h2*5-11,13,19H,12H2,1-4H3,(H,25,26)/t2*19-/m10/s1. The smallest absolute Gasteiger partial charge is 0.304 e. The molecule has 0 aliphatic carbocycles. The molecular weight excluding hydrogens is 713 g/mol. The highest BCUT2D eigenvalue weighted by atomic mass is 16.5. The number of carbonyl (C=O) groups is 2. The van der Waals surface area contributed by atoms with Crippen molar-refractivity contribution < 1.29 is 38.1 Å². The fourth-order valence-corrected chi connectivity index (χ4v) is 6.42. The Morgan fingerprint density at radius 1 is 0.571 bits per heavy atom. The van der Waals surface area contributed by atoms with Crippen molar-refractivity contribution in [1.82, 2.24) is 20.4 Å². The van der Waals surface area contributed by atoms with Gasteiger partial charge in [0.05, 0.1) is 38.9 Å². The minimum absolute atomic E-state index is 0.131. The molecule has 56 heavy (non-hydrogen) atoms. The van der Waals surface area contributed by atoms with Crippen LogP contribution in [0.5, 0.6) is 11.5 Å². The Kier molecular flexibility index (Phi) is 13.4. The second kappa shape index (κ2) is 18.4. The molecular formula is C44H48N4O8. The third-order valence-electron chi connectivity index (χ3n) is 9.42. The van der Waals surface area contributed by atoms with E-state index in [0.29, 0.717) is 35.4 Å². The van der Waals surface area contributed by atoms with Crippen molar-refractivity contribution in [3.05, 3.63) is 131 Å². The summed E-state index contributed by atoms with van der Waals surface area (Å²) in [7, 11) is 3.29. The second-order valence-electron chi connectivity index (χ2n) is 14.1. The van der Waals surface area contributed by atoms with Crippen molar-refractivity contribution in [1.29, 1.82) is 0 Å². The Labute approximate surface area is 326 Å². The molecule has 0 spiro atoms. The van der Waals surface area contributed by atoms with Crippen LogP contribution in [0.15, 0.2) is 93.8 Å². The predicted molar refractivity (Wildman–Crippen MR) is 211 cm³/mol. The molecule has 6 rings (SSSR count). The van der Waals surface area contributed by atoms with E-state index in [1.54, 1.807) is 28.1 Å². The number of aromatic nitrogens is 4. The Bertz CT molecular complexity index is 2120. The molecule has 2 atom stereocenters. The van der Waals surface area contributed by atoms with E-state index in [-0.39, 0.29) is 12.8 Å². The maximum atomic E-state index is 11.4. The van der Waals surface area contributed by atoms with Crippen LogP contribution in [0.2, 0.25) is 0 Å². The van der Waals surface area contributed by atoms with Crippen molar-refractivity contribution in [3.63, 3.8) is 0 Å². The van der Waals surface area contributed by atoms with Crippen molar-refractivity contribution >= 4 is 11.9 Å². The summed E-state index contributed by atoms with van der Waals surface area (Å²) >= 11 is 0. The van der Waals surface area contributed by atoms with Gasteiger partial charge in [-0.1, -0.05) is 88.4 Å². The number of methoxy groups -OCH3 is 2. The summed E-state index contributed by atoms with van der Waals surface area (Å²) in [5, 5.41) is 34.5. The molecule has 0 fully saturated rings. The molecule has 0 aliphatic rings. The van der Waals surface area contributed by atoms with Gasteiger partial charge in [-0.15, -0.1) is 20.4 Å². The molecule has 0 bridgehead atoms. The highest BCUT2D eigenvalue weighted by Crippen LogP contribution is 2.38. The normalized spacial score (nSPS) is 12.2. The minimum atomic E-state index is -0.925. The first kappa shape index (κ1) is 40.9. The van der Waals surface area contributed by atoms with Crippen LogP contribution in [0.4, 0.5) is 0 Å². The van der Waals surface area contributed by atoms with Crippen LogP contribution < -0.4 is 9.47 Å². The number of aliphatic carboxylic acids is 2. The number of ether oxygens (including phenoxy) is 2. The van der Waals surface area contributed by atoms with E-state index < -0.39 is 23.8 Å². The molecule has 0 unspecified atom stereocenters. The van der Waals surface area contributed by atoms with Crippen LogP contribution in [0.1, 0.15) is 110 Å². The minimum Gasteiger partial charge on any atom is -0.496 e. The largest absolute Gasteiger partial charge is 0.496 e. The summed E-state index contributed by atoms with van der Waals surface area (Å²) in [5.74, 6) is 0.852. The van der Waals surface area contributed by atoms with Gasteiger partial charge in [-0.05, 0) is 69.5 Å². The zero-order valence-corrected chi connectivity index (χ0v) is 32.9. The summed E-state index contributed by atoms with van der Waals surface area (Å²) in [6.45, 7) is 11.9. The van der Waals surface area contributed by atoms with Gasteiger partial charge in [0.2, 0.25) is 23.6 Å². The maximum absolute atomic E-state index is 11.4. The van der Waals surface area contributed by atoms with E-state index >= 15 is 0 Å². The summed E-state index contributed by atoms with van der Waals surface area (Å²) in [6, 6.07) is 27.8. The fraction of sp³-hybridized carbons (Fsp3) is 0.318. The third kappa shape index (κ3) is 10.1. The molecule has 2 aromatic heterocycles. The van der Waals surface area contributed by atoms with Crippen molar-refractivity contribution in [2.24, 2.45) is 0 Å². The van der Waals surface area contributed by atoms with Gasteiger partial charge in [0.15, 0.2) is 0 Å². The monoisotopic (exact) mass is 760 g/mol. The highest BCUT2D eigenvalue weighted by molar-refractivity contribution is 5.74. The summed E-state index contributed by atoms with van der Waals surface area (Å²) in [5.41, 5.74) is 7.84. The van der Waals surface area contributed by atoms with Gasteiger partial charge < -0.3 is 28.5 Å². The summed E-state index contributed by atoms with van der Waals surface area (Å²) in [4.78, 5) is 22.9. The van der Waals surface area contributed by atoms with Crippen molar-refractivity contribution in [3.8, 4) is 33.8 Å². The average Bonchev–Trinajstić information content (AvgIpc) is 3.83. The first-order valence-electron chi connectivity index (χ1n) is 18.4. The lowest BCUT2D eigenvalue weighted by Crippen LogP contribution is -2.08. The van der Waals surface area contributed by atoms with Gasteiger partial charge in [0, 0.05) is 25.0 Å². The van der Waals surface area contributed by atoms with Crippen LogP contribution in [0.25, 0.3) is 22.3 Å². The van der Waals surface area contributed by atoms with Gasteiger partial charge >= 0.3 is 11.9 Å². The zero-order chi connectivity index (χ0) is 40.5. The fourth-order valence-electron chi connectivity index (χ4n) is 6.42. The number of rotatable bonds is 14. The van der Waals surface area contributed by atoms with Gasteiger partial charge in [0.1, 0.15) is 11.5 Å². The topological polar surface area (TPSA) is 171 Å². The maximum Gasteiger partial charge on any atom is 0.304 e. The quantitative estimate of drug-likeness (QED) is 0.108. The molecule has 2 N–H and O–H groups in total. The van der Waals surface area contributed by atoms with E-state index in [9.17, 15) is 19.8 Å². The van der Waals surface area contributed by atoms with Gasteiger partial charge in [-0.25, -0.2) is 0 Å². The number of aryl methyl sites for hydroxylation is 2. The van der Waals surface area contributed by atoms with Crippen molar-refractivity contribution in [2.45, 2.75) is 78.1 Å². The first-order valence-corrected chi connectivity index (χ1v) is 18.4. The van der Waals surface area contributed by atoms with Crippen LogP contribution in [0, 0.1) is 13.8 Å². The van der Waals surface area contributed by atoms with Crippen LogP contribution in [-0.2, 0) is 9.59 Å². The van der Waals surface area contributed by atoms with E-state index in [1.165, 1.54) is 11.1 Å². The molecule has 0 radical (unpaired) electrons. The Hall–Kier alpha value is -6.30. The molecule has 292 valence electrons. The Balaban J connectivity index is 0.000000214. The Morgan fingerprint density at radius 2 is 0.964 bits per heavy atom. The number of hydrogen-bond acceptors (Lipinski definition) is 10. The molecule has 0 aliphatic heterocycles. The molecule has 0 amide bonds. The summed E-state index contributed by atoms with van der Waals surface area (Å²) < 4.78 is 22.2. The van der Waals surface area contributed by atoms with E-state index in [2.05, 4.69) is 72.4 Å². The van der Waals surface area contributed by atoms with Gasteiger partial charge in [0.25, 0.3) is 0 Å². The average molecular weight is 761 g/mol. The number of benzene rings is 4. The summed E-state index contributed by atoms with van der Waals surface area (Å²) in [6.07, 6.45) is -0.261. The van der Waals surface area contributed by atoms with Crippen LogP contribution in [-0.4, -0.2) is 56.8 Å². The van der Waals surface area contributed by atoms with E-state index in [4.69, 9.17) is 18.3 Å². The lowest BCUT2D eigenvalue weighted by molar-refractivity contribution is -0.138. The number of nitrogens with zero attached hydrogens (tertiary/aromatic N) is 4. The lowest BCUT2D eigenvalue weighted by Gasteiger charge is -2.16. The van der Waals surface area contributed by atoms with E-state index in [1.807, 2.05) is 60.7 Å². The molecule has 0 saturated heterocycles. The number of hydrogen-bond donors (Lipinski definition) is 2. The third-order valence-corrected chi connectivity index (χ3v) is 9.42. The molecule has 2 heterocycles. The SMILES string of the molecule is COc1ccc(C(C)C)cc1-c1cccc([C@@H](CC(=O)O)c2nnc(C)o2)c1.COc1ccc(C(C)C)cc1-c1cccc([C@H](CC(=O)O)c2nnc(C)o2)c1. The molecule has 4 aromatic carbocycles. The molecule has 12 heteroatoms. The Morgan fingerprint density at radius 3 is 1.27 bits per heavy atom. The molecule has 6 aromatic rings. The lowest BCUT2D eigenvalue weighted by atomic mass is 9.91. The first-order chi connectivity index (χ1) is 26.8. The zero-order valence-electron chi connectivity index (χ0n) is 32.9. The van der Waals surface area contributed by atoms with Crippen LogP contribution in [0.3, 0.4) is 0 Å². The second-order valence-corrected chi connectivity index (χ2v) is 14.1. The predicted octanol–water partition coefficient (Wildman–Crippen LogP) is 9.57. The van der Waals surface area contributed by atoms with Crippen LogP contribution >= 0.6 is 0 Å². The van der Waals surface area contributed by atoms with E-state index in [0.717, 1.165) is 44.9 Å². The van der Waals surface area contributed by atoms with Crippen molar-refractivity contribution in [2.75, 3.05) is 14.2 Å².